The highest BCUT2D eigenvalue weighted by Crippen LogP contribution is 2.06. The normalized spacial score (nSPS) is 12.0. The zero-order chi connectivity index (χ0) is 7.98. The van der Waals surface area contributed by atoms with Gasteiger partial charge < -0.3 is 0 Å². The zero-order valence-corrected chi connectivity index (χ0v) is 7.98. The summed E-state index contributed by atoms with van der Waals surface area (Å²) in [6.07, 6.45) is 2.99. The summed E-state index contributed by atoms with van der Waals surface area (Å²) in [5.74, 6) is 0. The third kappa shape index (κ3) is 4.31. The molecule has 0 aromatic heterocycles. The first-order valence-electron chi connectivity index (χ1n) is 2.24. The molecule has 0 amide bonds. The second kappa shape index (κ2) is 5.22. The van der Waals surface area contributed by atoms with Crippen molar-refractivity contribution in [1.82, 2.24) is 0 Å². The Bertz CT molecular complexity index is 224. The van der Waals surface area contributed by atoms with Crippen LogP contribution in [0.5, 0.6) is 0 Å². The van der Waals surface area contributed by atoms with E-state index in [-0.39, 0.29) is 0 Å². The molecule has 0 aliphatic heterocycles. The van der Waals surface area contributed by atoms with Gasteiger partial charge in [-0.05, 0) is 44.0 Å². The van der Waals surface area contributed by atoms with Gasteiger partial charge in [0.1, 0.15) is 12.1 Å². The Balaban J connectivity index is 4.25. The van der Waals surface area contributed by atoms with E-state index in [1.165, 1.54) is 12.2 Å². The molecule has 0 fully saturated rings. The Morgan fingerprint density at radius 2 is 1.30 bits per heavy atom. The number of nitrogens with zero attached hydrogens (tertiary/aromatic N) is 2. The van der Waals surface area contributed by atoms with Gasteiger partial charge in [-0.15, -0.1) is 0 Å². The van der Waals surface area contributed by atoms with E-state index < -0.39 is 0 Å². The molecule has 10 heavy (non-hydrogen) atoms. The molecule has 4 heteroatoms. The molecule has 0 aromatic carbocycles. The van der Waals surface area contributed by atoms with Gasteiger partial charge in [0, 0.05) is 0 Å². The van der Waals surface area contributed by atoms with Crippen molar-refractivity contribution in [2.45, 2.75) is 0 Å². The molecule has 2 nitrogen and oxygen atoms in total. The van der Waals surface area contributed by atoms with Gasteiger partial charge in [-0.2, -0.15) is 10.5 Å². The van der Waals surface area contributed by atoms with E-state index >= 15 is 0 Å². The van der Waals surface area contributed by atoms with E-state index in [1.54, 1.807) is 0 Å². The Kier molecular flexibility index (Phi) is 4.92. The predicted molar refractivity (Wildman–Crippen MR) is 45.2 cm³/mol. The van der Waals surface area contributed by atoms with Crippen LogP contribution in [-0.2, 0) is 0 Å². The third-order valence-electron chi connectivity index (χ3n) is 0.590. The van der Waals surface area contributed by atoms with Crippen LogP contribution in [-0.4, -0.2) is 0 Å². The summed E-state index contributed by atoms with van der Waals surface area (Å²) >= 11 is 5.92. The first-order chi connectivity index (χ1) is 4.70. The van der Waals surface area contributed by atoms with Gasteiger partial charge in [0.2, 0.25) is 0 Å². The Hall–Kier alpha value is -0.580. The second-order valence-electron chi connectivity index (χ2n) is 1.25. The fourth-order valence-corrected chi connectivity index (χ4v) is 0.485. The highest BCUT2D eigenvalue weighted by Gasteiger charge is 1.84. The van der Waals surface area contributed by atoms with Gasteiger partial charge in [0.05, 0.1) is 8.96 Å². The monoisotopic (exact) mass is 260 g/mol. The van der Waals surface area contributed by atoms with Gasteiger partial charge in [0.15, 0.2) is 0 Å². The van der Waals surface area contributed by atoms with Gasteiger partial charge in [0.25, 0.3) is 0 Å². The molecular formula is C6H2Br2N2. The Morgan fingerprint density at radius 3 is 1.50 bits per heavy atom. The van der Waals surface area contributed by atoms with Crippen LogP contribution >= 0.6 is 31.9 Å². The molecule has 0 saturated carbocycles. The van der Waals surface area contributed by atoms with E-state index in [0.29, 0.717) is 8.96 Å². The summed E-state index contributed by atoms with van der Waals surface area (Å²) in [4.78, 5) is 0. The number of hydrogen-bond donors (Lipinski definition) is 0. The van der Waals surface area contributed by atoms with Crippen LogP contribution in [0.15, 0.2) is 21.1 Å². The maximum Gasteiger partial charge on any atom is 0.107 e. The Morgan fingerprint density at radius 1 is 1.00 bits per heavy atom. The zero-order valence-electron chi connectivity index (χ0n) is 4.81. The quantitative estimate of drug-likeness (QED) is 0.538. The summed E-state index contributed by atoms with van der Waals surface area (Å²) in [5, 5.41) is 16.5. The van der Waals surface area contributed by atoms with Crippen molar-refractivity contribution in [2.75, 3.05) is 0 Å². The van der Waals surface area contributed by atoms with Crippen molar-refractivity contribution >= 4 is 31.9 Å². The fraction of sp³-hybridized carbons (Fsp3) is 0. The lowest BCUT2D eigenvalue weighted by Gasteiger charge is -1.77. The van der Waals surface area contributed by atoms with Crippen molar-refractivity contribution in [1.29, 1.82) is 10.5 Å². The van der Waals surface area contributed by atoms with Gasteiger partial charge >= 0.3 is 0 Å². The van der Waals surface area contributed by atoms with Crippen molar-refractivity contribution in [3.63, 3.8) is 0 Å². The lowest BCUT2D eigenvalue weighted by Crippen LogP contribution is -1.61. The minimum atomic E-state index is 0.389. The molecule has 0 bridgehead atoms. The van der Waals surface area contributed by atoms with E-state index in [9.17, 15) is 0 Å². The van der Waals surface area contributed by atoms with Crippen LogP contribution in [0.25, 0.3) is 0 Å². The number of hydrogen-bond acceptors (Lipinski definition) is 2. The lowest BCUT2D eigenvalue weighted by atomic mass is 10.4. The third-order valence-corrected chi connectivity index (χ3v) is 1.47. The summed E-state index contributed by atoms with van der Waals surface area (Å²) < 4.78 is 0.777. The van der Waals surface area contributed by atoms with Gasteiger partial charge in [-0.3, -0.25) is 0 Å². The fourth-order valence-electron chi connectivity index (χ4n) is 0.221. The standard InChI is InChI=1S/C6H2Br2N2/c7-5(3-9)1-2-6(8)4-10/h1-2H/b5-1+,6-2+. The summed E-state index contributed by atoms with van der Waals surface area (Å²) in [5.41, 5.74) is 0. The van der Waals surface area contributed by atoms with Crippen LogP contribution in [0, 0.1) is 22.7 Å². The molecule has 0 unspecified atom stereocenters. The van der Waals surface area contributed by atoms with Crippen molar-refractivity contribution in [3.05, 3.63) is 21.1 Å². The molecule has 0 aliphatic carbocycles. The molecule has 0 spiro atoms. The Labute approximate surface area is 75.7 Å². The minimum absolute atomic E-state index is 0.389. The molecule has 0 saturated heterocycles. The van der Waals surface area contributed by atoms with Crippen molar-refractivity contribution in [3.8, 4) is 12.1 Å². The van der Waals surface area contributed by atoms with E-state index in [2.05, 4.69) is 31.9 Å². The first-order valence-corrected chi connectivity index (χ1v) is 3.82. The van der Waals surface area contributed by atoms with Crippen LogP contribution in [0.2, 0.25) is 0 Å². The largest absolute Gasteiger partial charge is 0.192 e. The van der Waals surface area contributed by atoms with E-state index in [4.69, 9.17) is 10.5 Å². The highest BCUT2D eigenvalue weighted by atomic mass is 79.9. The molecule has 0 rings (SSSR count). The second-order valence-corrected chi connectivity index (χ2v) is 2.96. The summed E-state index contributed by atoms with van der Waals surface area (Å²) in [7, 11) is 0. The van der Waals surface area contributed by atoms with Crippen LogP contribution in [0.3, 0.4) is 0 Å². The maximum atomic E-state index is 8.23. The van der Waals surface area contributed by atoms with Crippen LogP contribution in [0.1, 0.15) is 0 Å². The number of allylic oxidation sites excluding steroid dienone is 4. The molecule has 0 radical (unpaired) electrons. The smallest absolute Gasteiger partial charge is 0.107 e. The molecule has 0 aromatic rings. The lowest BCUT2D eigenvalue weighted by molar-refractivity contribution is 1.52. The molecule has 0 atom stereocenters. The van der Waals surface area contributed by atoms with Crippen molar-refractivity contribution < 1.29 is 0 Å². The predicted octanol–water partition coefficient (Wildman–Crippen LogP) is 2.59. The van der Waals surface area contributed by atoms with Crippen LogP contribution < -0.4 is 0 Å². The topological polar surface area (TPSA) is 47.6 Å². The van der Waals surface area contributed by atoms with Crippen LogP contribution in [0.4, 0.5) is 0 Å². The summed E-state index contributed by atoms with van der Waals surface area (Å²) in [6, 6.07) is 3.69. The van der Waals surface area contributed by atoms with Crippen molar-refractivity contribution in [2.24, 2.45) is 0 Å². The highest BCUT2D eigenvalue weighted by molar-refractivity contribution is 9.12. The van der Waals surface area contributed by atoms with Gasteiger partial charge in [-0.1, -0.05) is 0 Å². The first kappa shape index (κ1) is 9.42. The van der Waals surface area contributed by atoms with E-state index in [0.717, 1.165) is 0 Å². The maximum absolute atomic E-state index is 8.23. The summed E-state index contributed by atoms with van der Waals surface area (Å²) in [6.45, 7) is 0. The molecule has 0 aliphatic rings. The minimum Gasteiger partial charge on any atom is -0.192 e. The number of rotatable bonds is 1. The van der Waals surface area contributed by atoms with Gasteiger partial charge in [-0.25, -0.2) is 0 Å². The molecule has 50 valence electrons. The number of halogens is 2. The average Bonchev–Trinajstić information content (AvgIpc) is 1.99. The molecule has 0 heterocycles. The number of nitriles is 2. The SMILES string of the molecule is N#C/C(Br)=C\C=C(\Br)C#N. The molecule has 0 N–H and O–H groups in total. The average molecular weight is 262 g/mol. The van der Waals surface area contributed by atoms with E-state index in [1.807, 2.05) is 12.1 Å². The molecular weight excluding hydrogens is 260 g/mol.